The van der Waals surface area contributed by atoms with Crippen LogP contribution in [0.3, 0.4) is 0 Å². The van der Waals surface area contributed by atoms with E-state index in [9.17, 15) is 0 Å². The molecule has 1 heterocycles. The van der Waals surface area contributed by atoms with Crippen molar-refractivity contribution in [3.8, 4) is 0 Å². The summed E-state index contributed by atoms with van der Waals surface area (Å²) in [5.74, 6) is 0. The van der Waals surface area contributed by atoms with Gasteiger partial charge < -0.3 is 5.32 Å². The Bertz CT molecular complexity index is 273. The summed E-state index contributed by atoms with van der Waals surface area (Å²) in [5.41, 5.74) is 1.34. The van der Waals surface area contributed by atoms with Crippen LogP contribution in [0.25, 0.3) is 0 Å². The molecule has 0 saturated carbocycles. The highest BCUT2D eigenvalue weighted by molar-refractivity contribution is 9.12. The summed E-state index contributed by atoms with van der Waals surface area (Å²) in [6, 6.07) is 2.60. The second kappa shape index (κ2) is 5.49. The third-order valence-corrected chi connectivity index (χ3v) is 4.24. The van der Waals surface area contributed by atoms with E-state index in [1.807, 2.05) is 0 Å². The predicted octanol–water partition coefficient (Wildman–Crippen LogP) is 4.33. The minimum atomic E-state index is 0.428. The molecule has 0 aliphatic heterocycles. The van der Waals surface area contributed by atoms with E-state index < -0.39 is 0 Å². The van der Waals surface area contributed by atoms with Gasteiger partial charge in [0.25, 0.3) is 0 Å². The molecule has 74 valence electrons. The van der Waals surface area contributed by atoms with Crippen LogP contribution in [0.15, 0.2) is 13.6 Å². The van der Waals surface area contributed by atoms with Gasteiger partial charge in [-0.3, -0.25) is 0 Å². The normalized spacial score (nSPS) is 13.2. The van der Waals surface area contributed by atoms with Gasteiger partial charge in [0.2, 0.25) is 0 Å². The van der Waals surface area contributed by atoms with E-state index in [1.54, 1.807) is 11.3 Å². The Morgan fingerprint density at radius 2 is 2.23 bits per heavy atom. The van der Waals surface area contributed by atoms with Crippen molar-refractivity contribution in [2.24, 2.45) is 0 Å². The Balaban J connectivity index is 2.64. The van der Waals surface area contributed by atoms with Crippen molar-refractivity contribution >= 4 is 43.2 Å². The van der Waals surface area contributed by atoms with Gasteiger partial charge >= 0.3 is 0 Å². The summed E-state index contributed by atoms with van der Waals surface area (Å²) in [6.07, 6.45) is 1.17. The molecule has 1 unspecified atom stereocenters. The van der Waals surface area contributed by atoms with Crippen molar-refractivity contribution in [1.29, 1.82) is 0 Å². The van der Waals surface area contributed by atoms with Gasteiger partial charge in [-0.05, 0) is 63.4 Å². The largest absolute Gasteiger partial charge is 0.310 e. The molecule has 0 fully saturated rings. The lowest BCUT2D eigenvalue weighted by molar-refractivity contribution is 0.570. The van der Waals surface area contributed by atoms with Crippen LogP contribution >= 0.6 is 43.2 Å². The van der Waals surface area contributed by atoms with Crippen LogP contribution in [0.1, 0.15) is 31.9 Å². The van der Waals surface area contributed by atoms with Gasteiger partial charge in [-0.2, -0.15) is 0 Å². The summed E-state index contributed by atoms with van der Waals surface area (Å²) < 4.78 is 2.40. The van der Waals surface area contributed by atoms with Crippen molar-refractivity contribution in [3.05, 3.63) is 19.2 Å². The molecule has 0 amide bonds. The Morgan fingerprint density at radius 3 is 2.69 bits per heavy atom. The zero-order valence-electron chi connectivity index (χ0n) is 7.73. The van der Waals surface area contributed by atoms with Crippen molar-refractivity contribution in [3.63, 3.8) is 0 Å². The van der Waals surface area contributed by atoms with Crippen LogP contribution in [0.5, 0.6) is 0 Å². The molecule has 1 nitrogen and oxygen atoms in total. The SMILES string of the molecule is CCCNC(C)c1cc(Br)sc1Br. The lowest BCUT2D eigenvalue weighted by atomic mass is 10.2. The van der Waals surface area contributed by atoms with Crippen molar-refractivity contribution in [2.75, 3.05) is 6.54 Å². The highest BCUT2D eigenvalue weighted by Gasteiger charge is 2.11. The zero-order valence-corrected chi connectivity index (χ0v) is 11.7. The number of halogens is 2. The van der Waals surface area contributed by atoms with E-state index in [1.165, 1.54) is 19.6 Å². The highest BCUT2D eigenvalue weighted by Crippen LogP contribution is 2.35. The number of rotatable bonds is 4. The molecule has 0 spiro atoms. The van der Waals surface area contributed by atoms with Crippen LogP contribution in [0.2, 0.25) is 0 Å². The molecule has 0 radical (unpaired) electrons. The summed E-state index contributed by atoms with van der Waals surface area (Å²) >= 11 is 8.76. The maximum absolute atomic E-state index is 3.56. The first kappa shape index (κ1) is 11.7. The maximum Gasteiger partial charge on any atom is 0.0758 e. The van der Waals surface area contributed by atoms with E-state index in [4.69, 9.17) is 0 Å². The molecule has 1 rings (SSSR count). The molecule has 13 heavy (non-hydrogen) atoms. The van der Waals surface area contributed by atoms with Gasteiger partial charge in [0.05, 0.1) is 7.57 Å². The average molecular weight is 327 g/mol. The minimum Gasteiger partial charge on any atom is -0.310 e. The molecule has 1 N–H and O–H groups in total. The predicted molar refractivity (Wildman–Crippen MR) is 66.4 cm³/mol. The first-order valence-electron chi connectivity index (χ1n) is 4.33. The molecule has 0 bridgehead atoms. The van der Waals surface area contributed by atoms with Crippen molar-refractivity contribution in [2.45, 2.75) is 26.3 Å². The minimum absolute atomic E-state index is 0.428. The van der Waals surface area contributed by atoms with E-state index in [0.29, 0.717) is 6.04 Å². The molecule has 0 aliphatic rings. The maximum atomic E-state index is 3.56. The van der Waals surface area contributed by atoms with E-state index in [0.717, 1.165) is 6.54 Å². The van der Waals surface area contributed by atoms with Gasteiger partial charge in [0.1, 0.15) is 0 Å². The Hall–Kier alpha value is 0.620. The van der Waals surface area contributed by atoms with Crippen LogP contribution in [-0.4, -0.2) is 6.54 Å². The second-order valence-corrected chi connectivity index (χ2v) is 6.70. The molecule has 0 saturated heterocycles. The topological polar surface area (TPSA) is 12.0 Å². The summed E-state index contributed by atoms with van der Waals surface area (Å²) in [5, 5.41) is 3.46. The fourth-order valence-electron chi connectivity index (χ4n) is 1.12. The van der Waals surface area contributed by atoms with Crippen molar-refractivity contribution in [1.82, 2.24) is 5.32 Å². The fraction of sp³-hybridized carbons (Fsp3) is 0.556. The Morgan fingerprint density at radius 1 is 1.54 bits per heavy atom. The standard InChI is InChI=1S/C9H13Br2NS/c1-3-4-12-6(2)7-5-8(10)13-9(7)11/h5-6,12H,3-4H2,1-2H3. The first-order valence-corrected chi connectivity index (χ1v) is 6.73. The molecular weight excluding hydrogens is 314 g/mol. The summed E-state index contributed by atoms with van der Waals surface area (Å²) in [4.78, 5) is 0. The number of hydrogen-bond donors (Lipinski definition) is 1. The monoisotopic (exact) mass is 325 g/mol. The molecule has 1 atom stereocenters. The summed E-state index contributed by atoms with van der Waals surface area (Å²) in [6.45, 7) is 5.44. The number of thiophene rings is 1. The van der Waals surface area contributed by atoms with Crippen LogP contribution < -0.4 is 5.32 Å². The zero-order chi connectivity index (χ0) is 9.84. The highest BCUT2D eigenvalue weighted by atomic mass is 79.9. The van der Waals surface area contributed by atoms with E-state index in [-0.39, 0.29) is 0 Å². The molecule has 1 aromatic heterocycles. The molecular formula is C9H13Br2NS. The van der Waals surface area contributed by atoms with Crippen molar-refractivity contribution < 1.29 is 0 Å². The van der Waals surface area contributed by atoms with E-state index >= 15 is 0 Å². The van der Waals surface area contributed by atoms with Gasteiger partial charge in [-0.15, -0.1) is 11.3 Å². The lowest BCUT2D eigenvalue weighted by Gasteiger charge is -2.11. The van der Waals surface area contributed by atoms with Crippen LogP contribution in [0.4, 0.5) is 0 Å². The van der Waals surface area contributed by atoms with Gasteiger partial charge in [0, 0.05) is 6.04 Å². The Kier molecular flexibility index (Phi) is 4.94. The first-order chi connectivity index (χ1) is 6.15. The fourth-order valence-corrected chi connectivity index (χ4v) is 4.19. The molecule has 4 heteroatoms. The number of nitrogens with one attached hydrogen (secondary N) is 1. The smallest absolute Gasteiger partial charge is 0.0758 e. The van der Waals surface area contributed by atoms with Crippen LogP contribution in [0, 0.1) is 0 Å². The van der Waals surface area contributed by atoms with Gasteiger partial charge in [0.15, 0.2) is 0 Å². The third kappa shape index (κ3) is 3.35. The lowest BCUT2D eigenvalue weighted by Crippen LogP contribution is -2.18. The summed E-state index contributed by atoms with van der Waals surface area (Å²) in [7, 11) is 0. The third-order valence-electron chi connectivity index (χ3n) is 1.85. The van der Waals surface area contributed by atoms with Gasteiger partial charge in [-0.1, -0.05) is 6.92 Å². The molecule has 0 aliphatic carbocycles. The van der Waals surface area contributed by atoms with Gasteiger partial charge in [-0.25, -0.2) is 0 Å². The second-order valence-electron chi connectivity index (χ2n) is 2.96. The average Bonchev–Trinajstić information content (AvgIpc) is 2.41. The van der Waals surface area contributed by atoms with Crippen LogP contribution in [-0.2, 0) is 0 Å². The quantitative estimate of drug-likeness (QED) is 0.868. The molecule has 0 aromatic carbocycles. The molecule has 1 aromatic rings. The number of hydrogen-bond acceptors (Lipinski definition) is 2. The Labute approximate surface area is 100 Å². The van der Waals surface area contributed by atoms with E-state index in [2.05, 4.69) is 57.1 Å².